The predicted molar refractivity (Wildman–Crippen MR) is 86.8 cm³/mol. The molecule has 0 aliphatic heterocycles. The Balaban J connectivity index is 2.51. The fraction of sp³-hybridized carbons (Fsp3) is 0.188. The molecule has 0 aromatic heterocycles. The highest BCUT2D eigenvalue weighted by Gasteiger charge is 2.16. The fourth-order valence-corrected chi connectivity index (χ4v) is 2.80. The van der Waals surface area contributed by atoms with E-state index in [-0.39, 0.29) is 5.56 Å². The lowest BCUT2D eigenvalue weighted by atomic mass is 9.98. The van der Waals surface area contributed by atoms with E-state index in [1.807, 2.05) is 13.0 Å². The summed E-state index contributed by atoms with van der Waals surface area (Å²) in [6.07, 6.45) is 1.15. The second-order valence-corrected chi connectivity index (χ2v) is 7.08. The predicted octanol–water partition coefficient (Wildman–Crippen LogP) is 2.76. The van der Waals surface area contributed by atoms with Gasteiger partial charge in [-0.2, -0.15) is 0 Å². The molecular formula is C16H17NO4S. The summed E-state index contributed by atoms with van der Waals surface area (Å²) in [5.74, 6) is -0.978. The van der Waals surface area contributed by atoms with Crippen LogP contribution in [0.2, 0.25) is 0 Å². The van der Waals surface area contributed by atoms with Crippen LogP contribution in [0.4, 0.5) is 5.69 Å². The van der Waals surface area contributed by atoms with Crippen molar-refractivity contribution in [2.45, 2.75) is 6.92 Å². The summed E-state index contributed by atoms with van der Waals surface area (Å²) >= 11 is 0. The van der Waals surface area contributed by atoms with Gasteiger partial charge in [0.25, 0.3) is 0 Å². The topological polar surface area (TPSA) is 74.7 Å². The lowest BCUT2D eigenvalue weighted by molar-refractivity contribution is 0.0697. The van der Waals surface area contributed by atoms with Crippen molar-refractivity contribution in [2.75, 3.05) is 17.6 Å². The average molecular weight is 319 g/mol. The third kappa shape index (κ3) is 3.12. The zero-order valence-electron chi connectivity index (χ0n) is 12.6. The maximum absolute atomic E-state index is 11.7. The molecule has 2 rings (SSSR count). The molecule has 0 heterocycles. The van der Waals surface area contributed by atoms with Crippen molar-refractivity contribution >= 4 is 21.7 Å². The third-order valence-corrected chi connectivity index (χ3v) is 4.78. The van der Waals surface area contributed by atoms with Crippen molar-refractivity contribution in [2.24, 2.45) is 0 Å². The maximum atomic E-state index is 11.7. The molecule has 0 aliphatic carbocycles. The number of sulfonamides is 1. The van der Waals surface area contributed by atoms with Gasteiger partial charge in [0, 0.05) is 7.05 Å². The third-order valence-electron chi connectivity index (χ3n) is 3.58. The molecule has 22 heavy (non-hydrogen) atoms. The van der Waals surface area contributed by atoms with Gasteiger partial charge in [0.2, 0.25) is 10.0 Å². The number of hydrogen-bond donors (Lipinski definition) is 1. The Hall–Kier alpha value is -2.34. The van der Waals surface area contributed by atoms with Crippen molar-refractivity contribution in [3.8, 4) is 11.1 Å². The van der Waals surface area contributed by atoms with Crippen LogP contribution >= 0.6 is 0 Å². The van der Waals surface area contributed by atoms with Gasteiger partial charge in [-0.1, -0.05) is 24.3 Å². The van der Waals surface area contributed by atoms with Crippen LogP contribution < -0.4 is 4.31 Å². The Morgan fingerprint density at radius 2 is 1.68 bits per heavy atom. The average Bonchev–Trinajstić information content (AvgIpc) is 2.46. The summed E-state index contributed by atoms with van der Waals surface area (Å²) in [4.78, 5) is 10.9. The Bertz CT molecular complexity index is 811. The van der Waals surface area contributed by atoms with Gasteiger partial charge < -0.3 is 5.11 Å². The second-order valence-electron chi connectivity index (χ2n) is 5.06. The highest BCUT2D eigenvalue weighted by Crippen LogP contribution is 2.31. The van der Waals surface area contributed by atoms with E-state index in [1.54, 1.807) is 24.3 Å². The van der Waals surface area contributed by atoms with Gasteiger partial charge in [0.05, 0.1) is 17.5 Å². The first-order valence-corrected chi connectivity index (χ1v) is 8.44. The molecule has 1 N–H and O–H groups in total. The molecule has 0 unspecified atom stereocenters. The molecule has 116 valence electrons. The number of carboxylic acids is 1. The fourth-order valence-electron chi connectivity index (χ4n) is 2.25. The SMILES string of the molecule is Cc1c(-c2ccc(C(=O)O)cc2)cccc1N(C)S(C)(=O)=O. The first-order valence-electron chi connectivity index (χ1n) is 6.59. The van der Waals surface area contributed by atoms with Crippen molar-refractivity contribution in [1.29, 1.82) is 0 Å². The molecular weight excluding hydrogens is 302 g/mol. The summed E-state index contributed by atoms with van der Waals surface area (Å²) in [6.45, 7) is 1.84. The lowest BCUT2D eigenvalue weighted by Crippen LogP contribution is -2.25. The number of rotatable bonds is 4. The summed E-state index contributed by atoms with van der Waals surface area (Å²) < 4.78 is 24.7. The number of benzene rings is 2. The standard InChI is InChI=1S/C16H17NO4S/c1-11-14(12-7-9-13(10-8-12)16(18)19)5-4-6-15(11)17(2)22(3,20)21/h4-10H,1-3H3,(H,18,19). The largest absolute Gasteiger partial charge is 0.478 e. The van der Waals surface area contributed by atoms with Gasteiger partial charge in [-0.3, -0.25) is 4.31 Å². The molecule has 0 atom stereocenters. The second kappa shape index (κ2) is 5.81. The minimum atomic E-state index is -3.34. The van der Waals surface area contributed by atoms with Crippen LogP contribution in [-0.2, 0) is 10.0 Å². The highest BCUT2D eigenvalue weighted by atomic mass is 32.2. The zero-order valence-corrected chi connectivity index (χ0v) is 13.4. The van der Waals surface area contributed by atoms with Crippen LogP contribution in [0.3, 0.4) is 0 Å². The van der Waals surface area contributed by atoms with E-state index in [4.69, 9.17) is 5.11 Å². The highest BCUT2D eigenvalue weighted by molar-refractivity contribution is 7.92. The van der Waals surface area contributed by atoms with Crippen LogP contribution in [-0.4, -0.2) is 32.8 Å². The molecule has 0 fully saturated rings. The summed E-state index contributed by atoms with van der Waals surface area (Å²) in [7, 11) is -1.83. The van der Waals surface area contributed by atoms with E-state index in [9.17, 15) is 13.2 Å². The Morgan fingerprint density at radius 1 is 1.09 bits per heavy atom. The number of hydrogen-bond acceptors (Lipinski definition) is 3. The number of carbonyl (C=O) groups is 1. The molecule has 2 aromatic carbocycles. The zero-order chi connectivity index (χ0) is 16.5. The van der Waals surface area contributed by atoms with E-state index in [1.165, 1.54) is 23.5 Å². The van der Waals surface area contributed by atoms with Crippen LogP contribution in [0.15, 0.2) is 42.5 Å². The molecule has 0 saturated heterocycles. The molecule has 0 spiro atoms. The maximum Gasteiger partial charge on any atom is 0.335 e. The van der Waals surface area contributed by atoms with Crippen LogP contribution in [0, 0.1) is 6.92 Å². The van der Waals surface area contributed by atoms with Gasteiger partial charge in [-0.15, -0.1) is 0 Å². The summed E-state index contributed by atoms with van der Waals surface area (Å²) in [5.41, 5.74) is 3.34. The van der Waals surface area contributed by atoms with Gasteiger partial charge in [0.15, 0.2) is 0 Å². The van der Waals surface area contributed by atoms with Crippen LogP contribution in [0.1, 0.15) is 15.9 Å². The number of aromatic carboxylic acids is 1. The number of carboxylic acid groups (broad SMARTS) is 1. The monoisotopic (exact) mass is 319 g/mol. The quantitative estimate of drug-likeness (QED) is 0.940. The van der Waals surface area contributed by atoms with E-state index in [0.717, 1.165) is 22.9 Å². The molecule has 2 aromatic rings. The molecule has 6 heteroatoms. The van der Waals surface area contributed by atoms with E-state index >= 15 is 0 Å². The van der Waals surface area contributed by atoms with Crippen LogP contribution in [0.25, 0.3) is 11.1 Å². The van der Waals surface area contributed by atoms with E-state index in [0.29, 0.717) is 5.69 Å². The summed E-state index contributed by atoms with van der Waals surface area (Å²) in [6, 6.07) is 11.9. The number of nitrogens with zero attached hydrogens (tertiary/aromatic N) is 1. The van der Waals surface area contributed by atoms with Crippen molar-refractivity contribution < 1.29 is 18.3 Å². The Kier molecular flexibility index (Phi) is 4.23. The smallest absolute Gasteiger partial charge is 0.335 e. The molecule has 0 radical (unpaired) electrons. The van der Waals surface area contributed by atoms with Crippen molar-refractivity contribution in [1.82, 2.24) is 0 Å². The Labute approximate surface area is 129 Å². The molecule has 0 bridgehead atoms. The Morgan fingerprint density at radius 3 is 2.18 bits per heavy atom. The van der Waals surface area contributed by atoms with Crippen molar-refractivity contribution in [3.63, 3.8) is 0 Å². The molecule has 0 aliphatic rings. The molecule has 0 amide bonds. The first kappa shape index (κ1) is 16.0. The minimum absolute atomic E-state index is 0.214. The van der Waals surface area contributed by atoms with Gasteiger partial charge in [-0.05, 0) is 41.8 Å². The normalized spacial score (nSPS) is 11.2. The summed E-state index contributed by atoms with van der Waals surface area (Å²) in [5, 5.41) is 8.93. The molecule has 0 saturated carbocycles. The number of anilines is 1. The molecule has 5 nitrogen and oxygen atoms in total. The van der Waals surface area contributed by atoms with Gasteiger partial charge in [0.1, 0.15) is 0 Å². The van der Waals surface area contributed by atoms with Crippen molar-refractivity contribution in [3.05, 3.63) is 53.6 Å². The van der Waals surface area contributed by atoms with E-state index < -0.39 is 16.0 Å². The lowest BCUT2D eigenvalue weighted by Gasteiger charge is -2.21. The van der Waals surface area contributed by atoms with Gasteiger partial charge in [-0.25, -0.2) is 13.2 Å². The van der Waals surface area contributed by atoms with Gasteiger partial charge >= 0.3 is 5.97 Å². The van der Waals surface area contributed by atoms with Crippen LogP contribution in [0.5, 0.6) is 0 Å². The minimum Gasteiger partial charge on any atom is -0.478 e. The first-order chi connectivity index (χ1) is 10.2. The van der Waals surface area contributed by atoms with E-state index in [2.05, 4.69) is 0 Å².